The Kier molecular flexibility index (Phi) is 1.73. The maximum atomic E-state index is 11.4. The topological polar surface area (TPSA) is 45.2 Å². The summed E-state index contributed by atoms with van der Waals surface area (Å²) < 4.78 is 0. The first-order valence-electron chi connectivity index (χ1n) is 4.85. The van der Waals surface area contributed by atoms with E-state index in [4.69, 9.17) is 0 Å². The molecule has 1 saturated carbocycles. The normalized spacial score (nSPS) is 21.4. The predicted molar refractivity (Wildman–Crippen MR) is 54.8 cm³/mol. The van der Waals surface area contributed by atoms with E-state index in [1.54, 1.807) is 16.2 Å². The van der Waals surface area contributed by atoms with Gasteiger partial charge in [-0.3, -0.25) is 4.90 Å². The van der Waals surface area contributed by atoms with Gasteiger partial charge in [0.05, 0.1) is 5.69 Å². The quantitative estimate of drug-likeness (QED) is 0.803. The van der Waals surface area contributed by atoms with Crippen molar-refractivity contribution in [1.29, 1.82) is 0 Å². The van der Waals surface area contributed by atoms with Crippen LogP contribution >= 0.6 is 11.3 Å². The van der Waals surface area contributed by atoms with Gasteiger partial charge < -0.3 is 5.32 Å². The van der Waals surface area contributed by atoms with Crippen LogP contribution in [0.5, 0.6) is 0 Å². The minimum absolute atomic E-state index is 0.0123. The van der Waals surface area contributed by atoms with Gasteiger partial charge in [0.2, 0.25) is 0 Å². The van der Waals surface area contributed by atoms with Crippen molar-refractivity contribution in [3.63, 3.8) is 0 Å². The van der Waals surface area contributed by atoms with Crippen molar-refractivity contribution in [3.8, 4) is 0 Å². The molecule has 3 rings (SSSR count). The Hall–Kier alpha value is -1.10. The fraction of sp³-hybridized carbons (Fsp3) is 0.556. The molecule has 2 heterocycles. The molecule has 74 valence electrons. The second-order valence-electron chi connectivity index (χ2n) is 3.71. The van der Waals surface area contributed by atoms with E-state index in [1.807, 2.05) is 0 Å². The molecule has 1 aromatic heterocycles. The van der Waals surface area contributed by atoms with Crippen LogP contribution in [0.2, 0.25) is 0 Å². The lowest BCUT2D eigenvalue weighted by molar-refractivity contribution is 0.252. The van der Waals surface area contributed by atoms with Crippen molar-refractivity contribution < 1.29 is 4.79 Å². The molecule has 14 heavy (non-hydrogen) atoms. The maximum absolute atomic E-state index is 11.4. The Bertz CT molecular complexity index is 372. The summed E-state index contributed by atoms with van der Waals surface area (Å²) >= 11 is 1.57. The van der Waals surface area contributed by atoms with Gasteiger partial charge in [-0.1, -0.05) is 0 Å². The predicted octanol–water partition coefficient (Wildman–Crippen LogP) is 1.55. The Morgan fingerprint density at radius 1 is 1.57 bits per heavy atom. The van der Waals surface area contributed by atoms with E-state index in [0.717, 1.165) is 18.2 Å². The van der Waals surface area contributed by atoms with Crippen molar-refractivity contribution >= 4 is 22.5 Å². The van der Waals surface area contributed by atoms with Gasteiger partial charge in [0.15, 0.2) is 5.13 Å². The third-order valence-corrected chi connectivity index (χ3v) is 3.47. The number of hydrogen-bond acceptors (Lipinski definition) is 3. The number of aromatic nitrogens is 1. The summed E-state index contributed by atoms with van der Waals surface area (Å²) in [6.45, 7) is 1.48. The summed E-state index contributed by atoms with van der Waals surface area (Å²) in [7, 11) is 0. The van der Waals surface area contributed by atoms with Gasteiger partial charge in [0, 0.05) is 24.4 Å². The molecule has 0 atom stereocenters. The van der Waals surface area contributed by atoms with Gasteiger partial charge in [0.1, 0.15) is 0 Å². The summed E-state index contributed by atoms with van der Waals surface area (Å²) in [4.78, 5) is 17.6. The van der Waals surface area contributed by atoms with Gasteiger partial charge >= 0.3 is 6.03 Å². The molecule has 2 fully saturated rings. The third-order valence-electron chi connectivity index (χ3n) is 2.59. The number of amides is 2. The van der Waals surface area contributed by atoms with Crippen LogP contribution in [-0.2, 0) is 0 Å². The average Bonchev–Trinajstić information content (AvgIpc) is 2.75. The summed E-state index contributed by atoms with van der Waals surface area (Å²) in [5.41, 5.74) is 1.17. The number of anilines is 1. The number of nitrogens with one attached hydrogen (secondary N) is 1. The zero-order chi connectivity index (χ0) is 9.54. The van der Waals surface area contributed by atoms with Gasteiger partial charge in [-0.05, 0) is 12.8 Å². The molecule has 5 heteroatoms. The highest BCUT2D eigenvalue weighted by Gasteiger charge is 2.29. The van der Waals surface area contributed by atoms with Crippen molar-refractivity contribution in [2.75, 3.05) is 18.0 Å². The van der Waals surface area contributed by atoms with Crippen LogP contribution in [0.25, 0.3) is 0 Å². The van der Waals surface area contributed by atoms with Crippen LogP contribution in [-0.4, -0.2) is 24.1 Å². The lowest BCUT2D eigenvalue weighted by Gasteiger charge is -2.08. The lowest BCUT2D eigenvalue weighted by Crippen LogP contribution is -2.27. The highest BCUT2D eigenvalue weighted by atomic mass is 32.1. The van der Waals surface area contributed by atoms with Crippen molar-refractivity contribution in [2.24, 2.45) is 0 Å². The molecule has 0 bridgehead atoms. The van der Waals surface area contributed by atoms with Crippen LogP contribution in [0.3, 0.4) is 0 Å². The minimum atomic E-state index is -0.0123. The fourth-order valence-corrected chi connectivity index (χ4v) is 2.55. The molecular formula is C9H11N3OS. The highest BCUT2D eigenvalue weighted by molar-refractivity contribution is 7.14. The molecule has 0 radical (unpaired) electrons. The molecule has 1 aliphatic carbocycles. The molecule has 2 aliphatic rings. The third kappa shape index (κ3) is 1.28. The monoisotopic (exact) mass is 209 g/mol. The van der Waals surface area contributed by atoms with E-state index in [0.29, 0.717) is 5.92 Å². The second-order valence-corrected chi connectivity index (χ2v) is 4.55. The number of thiazole rings is 1. The van der Waals surface area contributed by atoms with E-state index in [-0.39, 0.29) is 6.03 Å². The number of carbonyl (C=O) groups excluding carboxylic acids is 1. The van der Waals surface area contributed by atoms with E-state index < -0.39 is 0 Å². The van der Waals surface area contributed by atoms with Crippen molar-refractivity contribution in [2.45, 2.75) is 18.8 Å². The van der Waals surface area contributed by atoms with Crippen molar-refractivity contribution in [1.82, 2.24) is 10.3 Å². The summed E-state index contributed by atoms with van der Waals surface area (Å²) in [5, 5.41) is 5.71. The Balaban J connectivity index is 1.84. The number of urea groups is 1. The standard InChI is InChI=1S/C9H11N3OS/c13-8-10-3-4-12(8)9-11-7(5-14-9)6-1-2-6/h5-6H,1-4H2,(H,10,13). The molecule has 2 amide bonds. The van der Waals surface area contributed by atoms with E-state index in [2.05, 4.69) is 15.7 Å². The fourth-order valence-electron chi connectivity index (χ4n) is 1.62. The van der Waals surface area contributed by atoms with Crippen LogP contribution in [0.4, 0.5) is 9.93 Å². The van der Waals surface area contributed by atoms with E-state index in [9.17, 15) is 4.79 Å². The van der Waals surface area contributed by atoms with E-state index >= 15 is 0 Å². The molecule has 0 aromatic carbocycles. The van der Waals surface area contributed by atoms with Crippen LogP contribution in [0, 0.1) is 0 Å². The molecule has 0 unspecified atom stereocenters. The average molecular weight is 209 g/mol. The maximum Gasteiger partial charge on any atom is 0.323 e. The van der Waals surface area contributed by atoms with Gasteiger partial charge in [0.25, 0.3) is 0 Å². The zero-order valence-corrected chi connectivity index (χ0v) is 8.51. The first-order chi connectivity index (χ1) is 6.84. The Morgan fingerprint density at radius 3 is 3.07 bits per heavy atom. The first-order valence-corrected chi connectivity index (χ1v) is 5.73. The Labute approximate surface area is 85.9 Å². The van der Waals surface area contributed by atoms with Crippen LogP contribution in [0.15, 0.2) is 5.38 Å². The van der Waals surface area contributed by atoms with Crippen LogP contribution < -0.4 is 10.2 Å². The highest BCUT2D eigenvalue weighted by Crippen LogP contribution is 2.41. The number of rotatable bonds is 2. The molecule has 1 aromatic rings. The molecule has 1 saturated heterocycles. The second kappa shape index (κ2) is 2.95. The summed E-state index contributed by atoms with van der Waals surface area (Å²) in [6.07, 6.45) is 2.52. The largest absolute Gasteiger partial charge is 0.336 e. The van der Waals surface area contributed by atoms with Crippen LogP contribution in [0.1, 0.15) is 24.5 Å². The summed E-state index contributed by atoms with van der Waals surface area (Å²) in [5.74, 6) is 0.672. The lowest BCUT2D eigenvalue weighted by atomic mass is 10.3. The summed E-state index contributed by atoms with van der Waals surface area (Å²) in [6, 6.07) is -0.0123. The molecular weight excluding hydrogens is 198 g/mol. The minimum Gasteiger partial charge on any atom is -0.336 e. The van der Waals surface area contributed by atoms with E-state index in [1.165, 1.54) is 18.5 Å². The SMILES string of the molecule is O=C1NCCN1c1nc(C2CC2)cs1. The number of hydrogen-bond donors (Lipinski definition) is 1. The molecule has 1 aliphatic heterocycles. The first kappa shape index (κ1) is 8.23. The molecule has 4 nitrogen and oxygen atoms in total. The smallest absolute Gasteiger partial charge is 0.323 e. The van der Waals surface area contributed by atoms with Gasteiger partial charge in [-0.25, -0.2) is 9.78 Å². The van der Waals surface area contributed by atoms with Crippen molar-refractivity contribution in [3.05, 3.63) is 11.1 Å². The van der Waals surface area contributed by atoms with Gasteiger partial charge in [-0.2, -0.15) is 0 Å². The molecule has 1 N–H and O–H groups in total. The van der Waals surface area contributed by atoms with Gasteiger partial charge in [-0.15, -0.1) is 11.3 Å². The number of carbonyl (C=O) groups is 1. The molecule has 0 spiro atoms. The zero-order valence-electron chi connectivity index (χ0n) is 7.69. The Morgan fingerprint density at radius 2 is 2.43 bits per heavy atom. The number of nitrogens with zero attached hydrogens (tertiary/aromatic N) is 2.